The Morgan fingerprint density at radius 1 is 1.27 bits per heavy atom. The van der Waals surface area contributed by atoms with Crippen LogP contribution < -0.4 is 5.32 Å². The third-order valence-electron chi connectivity index (χ3n) is 5.20. The van der Waals surface area contributed by atoms with E-state index in [9.17, 15) is 4.79 Å². The number of rotatable bonds is 4. The molecule has 1 fully saturated rings. The summed E-state index contributed by atoms with van der Waals surface area (Å²) in [4.78, 5) is 22.7. The molecule has 3 aromatic heterocycles. The first kappa shape index (κ1) is 16.5. The Morgan fingerprint density at radius 2 is 2.08 bits per heavy atom. The molecule has 1 saturated heterocycles. The summed E-state index contributed by atoms with van der Waals surface area (Å²) in [5, 5.41) is 12.0. The Morgan fingerprint density at radius 3 is 2.81 bits per heavy atom. The number of nitrogens with one attached hydrogen (secondary N) is 1. The minimum absolute atomic E-state index is 0.0122. The van der Waals surface area contributed by atoms with Crippen molar-refractivity contribution in [2.75, 3.05) is 18.9 Å². The van der Waals surface area contributed by atoms with E-state index in [1.807, 2.05) is 45.2 Å². The van der Waals surface area contributed by atoms with Crippen molar-refractivity contribution in [2.45, 2.75) is 26.3 Å². The van der Waals surface area contributed by atoms with Crippen LogP contribution in [0.3, 0.4) is 0 Å². The van der Waals surface area contributed by atoms with E-state index in [2.05, 4.69) is 25.5 Å². The van der Waals surface area contributed by atoms with E-state index in [1.165, 1.54) is 6.33 Å². The minimum Gasteiger partial charge on any atom is -0.369 e. The maximum atomic E-state index is 12.3. The number of hydrogen-bond donors (Lipinski definition) is 1. The molecular formula is C17H22N8O. The van der Waals surface area contributed by atoms with Gasteiger partial charge >= 0.3 is 0 Å². The maximum Gasteiger partial charge on any atom is 0.254 e. The highest BCUT2D eigenvalue weighted by atomic mass is 16.2. The summed E-state index contributed by atoms with van der Waals surface area (Å²) < 4.78 is 3.48. The summed E-state index contributed by atoms with van der Waals surface area (Å²) in [5.74, 6) is 1.73. The molecule has 136 valence electrons. The lowest BCUT2D eigenvalue weighted by Crippen LogP contribution is -2.27. The summed E-state index contributed by atoms with van der Waals surface area (Å²) in [6.07, 6.45) is 5.82. The molecule has 9 heteroatoms. The Bertz CT molecular complexity index is 974. The fourth-order valence-corrected chi connectivity index (χ4v) is 3.69. The molecule has 4 heterocycles. The smallest absolute Gasteiger partial charge is 0.254 e. The van der Waals surface area contributed by atoms with Crippen molar-refractivity contribution in [1.29, 1.82) is 0 Å². The minimum atomic E-state index is 0.0122. The SMILES string of the molecule is Cc1nc2ncnn2c(NC[C@@H]2CC(=O)N(C)[C@H]2c2cnn(C)c2)c1C. The van der Waals surface area contributed by atoms with Gasteiger partial charge in [0.25, 0.3) is 5.78 Å². The number of carbonyl (C=O) groups excluding carboxylic acids is 1. The number of fused-ring (bicyclic) bond motifs is 1. The van der Waals surface area contributed by atoms with Crippen molar-refractivity contribution in [2.24, 2.45) is 13.0 Å². The van der Waals surface area contributed by atoms with Crippen LogP contribution in [0.4, 0.5) is 5.82 Å². The monoisotopic (exact) mass is 354 g/mol. The molecule has 3 aromatic rings. The second-order valence-corrected chi connectivity index (χ2v) is 6.88. The Hall–Kier alpha value is -2.97. The lowest BCUT2D eigenvalue weighted by atomic mass is 9.95. The summed E-state index contributed by atoms with van der Waals surface area (Å²) in [5.41, 5.74) is 3.00. The molecule has 1 amide bonds. The number of hydrogen-bond acceptors (Lipinski definition) is 6. The third-order valence-corrected chi connectivity index (χ3v) is 5.20. The molecule has 9 nitrogen and oxygen atoms in total. The van der Waals surface area contributed by atoms with Crippen molar-refractivity contribution in [3.8, 4) is 0 Å². The summed E-state index contributed by atoms with van der Waals surface area (Å²) >= 11 is 0. The third kappa shape index (κ3) is 2.59. The summed E-state index contributed by atoms with van der Waals surface area (Å²) in [6.45, 7) is 4.62. The van der Waals surface area contributed by atoms with Crippen LogP contribution in [0.5, 0.6) is 0 Å². The van der Waals surface area contributed by atoms with Gasteiger partial charge in [0.05, 0.1) is 12.2 Å². The molecule has 0 bridgehead atoms. The van der Waals surface area contributed by atoms with E-state index in [0.717, 1.165) is 22.6 Å². The second kappa shape index (κ2) is 6.08. The van der Waals surface area contributed by atoms with E-state index in [0.29, 0.717) is 18.7 Å². The largest absolute Gasteiger partial charge is 0.369 e. The van der Waals surface area contributed by atoms with Gasteiger partial charge in [0.15, 0.2) is 0 Å². The van der Waals surface area contributed by atoms with Crippen molar-refractivity contribution in [1.82, 2.24) is 34.3 Å². The van der Waals surface area contributed by atoms with E-state index in [-0.39, 0.29) is 17.9 Å². The molecule has 0 radical (unpaired) electrons. The van der Waals surface area contributed by atoms with E-state index in [4.69, 9.17) is 0 Å². The van der Waals surface area contributed by atoms with E-state index in [1.54, 1.807) is 9.20 Å². The highest BCUT2D eigenvalue weighted by molar-refractivity contribution is 5.79. The zero-order chi connectivity index (χ0) is 18.4. The van der Waals surface area contributed by atoms with Crippen LogP contribution in [0.15, 0.2) is 18.7 Å². The number of anilines is 1. The molecule has 4 rings (SSSR count). The van der Waals surface area contributed by atoms with Crippen LogP contribution in [0.2, 0.25) is 0 Å². The van der Waals surface area contributed by atoms with Crippen molar-refractivity contribution in [3.63, 3.8) is 0 Å². The standard InChI is InChI=1S/C17H22N8O/c1-10-11(2)22-17-19-9-21-25(17)16(10)18-6-12-5-14(26)24(4)15(12)13-7-20-23(3)8-13/h7-9,12,15,18H,5-6H2,1-4H3/t12-,15+/m0/s1. The normalized spacial score (nSPS) is 20.3. The number of carbonyl (C=O) groups is 1. The van der Waals surface area contributed by atoms with E-state index < -0.39 is 0 Å². The molecule has 1 aliphatic heterocycles. The molecule has 0 spiro atoms. The molecular weight excluding hydrogens is 332 g/mol. The number of likely N-dealkylation sites (tertiary alicyclic amines) is 1. The molecule has 0 saturated carbocycles. The zero-order valence-electron chi connectivity index (χ0n) is 15.3. The average Bonchev–Trinajstić information content (AvgIpc) is 3.29. The van der Waals surface area contributed by atoms with Gasteiger partial charge in [0.1, 0.15) is 12.1 Å². The first-order valence-electron chi connectivity index (χ1n) is 8.60. The van der Waals surface area contributed by atoms with Crippen LogP contribution in [-0.2, 0) is 11.8 Å². The van der Waals surface area contributed by atoms with Crippen molar-refractivity contribution in [3.05, 3.63) is 35.5 Å². The van der Waals surface area contributed by atoms with Gasteiger partial charge in [-0.1, -0.05) is 0 Å². The predicted molar refractivity (Wildman–Crippen MR) is 95.6 cm³/mol. The number of amides is 1. The fraction of sp³-hybridized carbons (Fsp3) is 0.471. The molecule has 26 heavy (non-hydrogen) atoms. The molecule has 2 atom stereocenters. The second-order valence-electron chi connectivity index (χ2n) is 6.88. The molecule has 1 aliphatic rings. The molecule has 1 N–H and O–H groups in total. The number of aromatic nitrogens is 6. The summed E-state index contributed by atoms with van der Waals surface area (Å²) in [7, 11) is 3.75. The van der Waals surface area contributed by atoms with Crippen molar-refractivity contribution < 1.29 is 4.79 Å². The van der Waals surface area contributed by atoms with Crippen LogP contribution in [0.25, 0.3) is 5.78 Å². The Labute approximate surface area is 151 Å². The van der Waals surface area contributed by atoms with Crippen LogP contribution in [0.1, 0.15) is 29.3 Å². The number of nitrogens with zero attached hydrogens (tertiary/aromatic N) is 7. The van der Waals surface area contributed by atoms with Crippen molar-refractivity contribution >= 4 is 17.5 Å². The molecule has 0 unspecified atom stereocenters. The average molecular weight is 354 g/mol. The highest BCUT2D eigenvalue weighted by Gasteiger charge is 2.39. The first-order chi connectivity index (χ1) is 12.5. The summed E-state index contributed by atoms with van der Waals surface area (Å²) in [6, 6.07) is 0.0122. The topological polar surface area (TPSA) is 93.2 Å². The molecule has 0 aliphatic carbocycles. The maximum absolute atomic E-state index is 12.3. The van der Waals surface area contributed by atoms with Gasteiger partial charge < -0.3 is 10.2 Å². The lowest BCUT2D eigenvalue weighted by molar-refractivity contribution is -0.127. The van der Waals surface area contributed by atoms with Crippen LogP contribution in [0, 0.1) is 19.8 Å². The molecule has 0 aromatic carbocycles. The fourth-order valence-electron chi connectivity index (χ4n) is 3.69. The van der Waals surface area contributed by atoms with Gasteiger partial charge in [-0.3, -0.25) is 9.48 Å². The number of aryl methyl sites for hydroxylation is 2. The quantitative estimate of drug-likeness (QED) is 0.754. The van der Waals surface area contributed by atoms with Gasteiger partial charge in [-0.15, -0.1) is 0 Å². The van der Waals surface area contributed by atoms with Gasteiger partial charge in [0.2, 0.25) is 5.91 Å². The van der Waals surface area contributed by atoms with Gasteiger partial charge in [-0.05, 0) is 13.8 Å². The van der Waals surface area contributed by atoms with E-state index >= 15 is 0 Å². The highest BCUT2D eigenvalue weighted by Crippen LogP contribution is 2.37. The first-order valence-corrected chi connectivity index (χ1v) is 8.60. The van der Waals surface area contributed by atoms with Gasteiger partial charge in [0, 0.05) is 56.0 Å². The van der Waals surface area contributed by atoms with Crippen LogP contribution in [-0.4, -0.2) is 53.8 Å². The Balaban J connectivity index is 1.62. The van der Waals surface area contributed by atoms with Crippen LogP contribution >= 0.6 is 0 Å². The lowest BCUT2D eigenvalue weighted by Gasteiger charge is -2.24. The van der Waals surface area contributed by atoms with Gasteiger partial charge in [-0.2, -0.15) is 19.7 Å². The predicted octanol–water partition coefficient (Wildman–Crippen LogP) is 1.11. The Kier molecular flexibility index (Phi) is 3.86. The zero-order valence-corrected chi connectivity index (χ0v) is 15.3. The van der Waals surface area contributed by atoms with Gasteiger partial charge in [-0.25, -0.2) is 4.98 Å².